The van der Waals surface area contributed by atoms with Crippen molar-refractivity contribution in [2.45, 2.75) is 202 Å². The number of ether oxygens (including phenoxy) is 1. The van der Waals surface area contributed by atoms with Gasteiger partial charge in [-0.2, -0.15) is 28.4 Å². The van der Waals surface area contributed by atoms with Gasteiger partial charge in [0.2, 0.25) is 76.8 Å². The van der Waals surface area contributed by atoms with Crippen LogP contribution in [0, 0.1) is 5.92 Å². The zero-order chi connectivity index (χ0) is 75.3. The predicted molar refractivity (Wildman–Crippen MR) is 377 cm³/mol. The number of carbonyl (C=O) groups excluding carboxylic acids is 14. The number of primary amides is 2. The summed E-state index contributed by atoms with van der Waals surface area (Å²) >= 11 is 2.40. The van der Waals surface area contributed by atoms with Gasteiger partial charge in [-0.1, -0.05) is 70.7 Å². The molecule has 1 unspecified atom stereocenters. The van der Waals surface area contributed by atoms with Crippen molar-refractivity contribution in [2.24, 2.45) is 17.4 Å². The molecule has 13 amide bonds. The number of H-pyrrole nitrogens is 1. The van der Waals surface area contributed by atoms with E-state index in [1.807, 2.05) is 13.0 Å². The molecule has 564 valence electrons. The van der Waals surface area contributed by atoms with Crippen molar-refractivity contribution >= 4 is 123 Å². The summed E-state index contributed by atoms with van der Waals surface area (Å²) in [7, 11) is 1.02. The van der Waals surface area contributed by atoms with Crippen molar-refractivity contribution in [2.75, 3.05) is 38.3 Å². The Hall–Kier alpha value is -9.51. The van der Waals surface area contributed by atoms with Crippen LogP contribution in [-0.2, 0) is 99.6 Å². The SMILES string of the molecule is CCCC[C@@H]1NC(=O)[C@@H]2CCCN2C(=O)[C@@H]2CSCc3cc(cc(c3)OCCCCCCC(=O)NCC(=O)N[C@@H](C)C(=O)N2)CSC[C@@H](C(N)=O)NC(=O)[C@H](CCC(=O)O)NC(=O)[C@H](CCC(N)=O)NC(=O)[C@H](Cc2c[nH]c3ccccc23)NC(=O)C(C(C)C)NC(=O)[C@H](CC(=O)OOC)NC1=O. The number of para-hydroxylation sites is 1. The topological polar surface area (TPSA) is 495 Å². The monoisotopic (exact) mass is 1480 g/mol. The third-order valence-electron chi connectivity index (χ3n) is 17.3. The van der Waals surface area contributed by atoms with Gasteiger partial charge >= 0.3 is 11.9 Å². The van der Waals surface area contributed by atoms with Gasteiger partial charge in [-0.05, 0) is 92.7 Å². The number of aromatic amines is 1. The second-order valence-corrected chi connectivity index (χ2v) is 27.9. The number of nitrogens with one attached hydrogen (secondary N) is 11. The molecule has 16 N–H and O–H groups in total. The average molecular weight is 1480 g/mol. The minimum absolute atomic E-state index is 0.0165. The molecule has 0 spiro atoms. The highest BCUT2D eigenvalue weighted by Gasteiger charge is 2.41. The quantitative estimate of drug-likeness (QED) is 0.0645. The molecule has 4 bridgehead atoms. The Morgan fingerprint density at radius 3 is 1.94 bits per heavy atom. The largest absolute Gasteiger partial charge is 0.494 e. The Balaban J connectivity index is 1.43. The van der Waals surface area contributed by atoms with E-state index < -0.39 is 188 Å². The molecule has 33 nitrogen and oxygen atoms in total. The van der Waals surface area contributed by atoms with Gasteiger partial charge in [0, 0.05) is 72.3 Å². The van der Waals surface area contributed by atoms with Gasteiger partial charge < -0.3 is 84.4 Å². The number of carboxylic acid groups (broad SMARTS) is 1. The van der Waals surface area contributed by atoms with E-state index in [0.717, 1.165) is 18.9 Å². The van der Waals surface area contributed by atoms with E-state index in [2.05, 4.69) is 63.0 Å². The summed E-state index contributed by atoms with van der Waals surface area (Å²) in [6.45, 7) is 6.18. The molecule has 3 aromatic rings. The van der Waals surface area contributed by atoms with E-state index in [-0.39, 0.29) is 67.8 Å². The van der Waals surface area contributed by atoms with Crippen LogP contribution in [0.4, 0.5) is 0 Å². The highest BCUT2D eigenvalue weighted by molar-refractivity contribution is 7.98. The number of benzene rings is 2. The van der Waals surface area contributed by atoms with Gasteiger partial charge in [-0.25, -0.2) is 4.79 Å². The van der Waals surface area contributed by atoms with E-state index in [1.165, 1.54) is 37.4 Å². The smallest absolute Gasteiger partial charge is 0.344 e. The number of fused-ring (bicyclic) bond motifs is 7. The maximum absolute atomic E-state index is 15.0. The molecule has 0 radical (unpaired) electrons. The summed E-state index contributed by atoms with van der Waals surface area (Å²) in [5.41, 5.74) is 13.9. The molecule has 2 aromatic carbocycles. The van der Waals surface area contributed by atoms with E-state index in [9.17, 15) is 72.2 Å². The molecule has 0 saturated carbocycles. The summed E-state index contributed by atoms with van der Waals surface area (Å²) in [5.74, 6) is -14.2. The number of amides is 13. The fourth-order valence-electron chi connectivity index (χ4n) is 11.7. The summed E-state index contributed by atoms with van der Waals surface area (Å²) in [4.78, 5) is 222. The van der Waals surface area contributed by atoms with Crippen LogP contribution in [0.15, 0.2) is 48.7 Å². The molecule has 0 aliphatic carbocycles. The summed E-state index contributed by atoms with van der Waals surface area (Å²) in [6, 6.07) is -2.72. The van der Waals surface area contributed by atoms with Crippen LogP contribution >= 0.6 is 23.5 Å². The van der Waals surface area contributed by atoms with Gasteiger partial charge in [0.05, 0.1) is 26.7 Å². The van der Waals surface area contributed by atoms with Crippen molar-refractivity contribution in [1.82, 2.24) is 63.1 Å². The second-order valence-electron chi connectivity index (χ2n) is 25.8. The number of carbonyl (C=O) groups is 15. The van der Waals surface area contributed by atoms with E-state index >= 15 is 4.79 Å². The first kappa shape index (κ1) is 82.4. The first-order valence-corrected chi connectivity index (χ1v) is 36.7. The Morgan fingerprint density at radius 1 is 0.670 bits per heavy atom. The van der Waals surface area contributed by atoms with Crippen LogP contribution in [-0.4, -0.2) is 202 Å². The first-order chi connectivity index (χ1) is 49.1. The molecule has 6 rings (SSSR count). The van der Waals surface area contributed by atoms with Crippen molar-refractivity contribution in [3.63, 3.8) is 0 Å². The van der Waals surface area contributed by atoms with Crippen molar-refractivity contribution in [1.29, 1.82) is 0 Å². The zero-order valence-electron chi connectivity index (χ0n) is 58.4. The zero-order valence-corrected chi connectivity index (χ0v) is 60.1. The number of unbranched alkanes of at least 4 members (excludes halogenated alkanes) is 1. The van der Waals surface area contributed by atoms with Crippen molar-refractivity contribution < 1.29 is 91.5 Å². The van der Waals surface area contributed by atoms with Crippen molar-refractivity contribution in [3.05, 3.63) is 65.4 Å². The van der Waals surface area contributed by atoms with Crippen LogP contribution in [0.25, 0.3) is 10.9 Å². The minimum atomic E-state index is -1.84. The number of nitrogens with two attached hydrogens (primary N) is 2. The molecule has 1 aromatic heterocycles. The van der Waals surface area contributed by atoms with Crippen LogP contribution in [0.1, 0.15) is 141 Å². The number of nitrogens with zero attached hydrogens (tertiary/aromatic N) is 1. The maximum Gasteiger partial charge on any atom is 0.344 e. The highest BCUT2D eigenvalue weighted by atomic mass is 32.2. The third-order valence-corrected chi connectivity index (χ3v) is 19.5. The Bertz CT molecular complexity index is 3540. The lowest BCUT2D eigenvalue weighted by atomic mass is 9.99. The van der Waals surface area contributed by atoms with E-state index in [4.69, 9.17) is 21.1 Å². The number of aromatic nitrogens is 1. The van der Waals surface area contributed by atoms with Crippen LogP contribution in [0.2, 0.25) is 0 Å². The van der Waals surface area contributed by atoms with Gasteiger partial charge in [0.15, 0.2) is 0 Å². The molecule has 1 fully saturated rings. The third kappa shape index (κ3) is 26.7. The van der Waals surface area contributed by atoms with E-state index in [0.29, 0.717) is 78.3 Å². The molecule has 103 heavy (non-hydrogen) atoms. The molecule has 35 heteroatoms. The Morgan fingerprint density at radius 2 is 1.28 bits per heavy atom. The summed E-state index contributed by atoms with van der Waals surface area (Å²) in [6.07, 6.45) is 2.00. The van der Waals surface area contributed by atoms with Gasteiger partial charge in [-0.15, -0.1) is 0 Å². The van der Waals surface area contributed by atoms with Gasteiger partial charge in [-0.3, -0.25) is 72.0 Å². The Labute approximate surface area is 604 Å². The first-order valence-electron chi connectivity index (χ1n) is 34.4. The fourth-order valence-corrected chi connectivity index (χ4v) is 13.7. The number of rotatable bonds is 16. The normalized spacial score (nSPS) is 24.6. The molecule has 4 heterocycles. The molecule has 10 atom stereocenters. The lowest BCUT2D eigenvalue weighted by Crippen LogP contribution is -2.61. The molecule has 3 aliphatic heterocycles. The molecular weight excluding hydrogens is 1380 g/mol. The van der Waals surface area contributed by atoms with Crippen LogP contribution in [0.3, 0.4) is 0 Å². The number of hydrogen-bond donors (Lipinski definition) is 14. The predicted octanol–water partition coefficient (Wildman–Crippen LogP) is -0.320. The standard InChI is InChI=1S/C68H96N14O19S2/c1-6-7-16-45-61(91)77-49(30-57(88)101-99-5)65(95)81-58(37(2)3)67(97)78-48(29-41-31-71-44-17-12-11-15-43(41)44)64(94)75-46(20-22-53(69)83)62(92)74-47(21-23-56(86)87)63(93)79-50(59(70)89)35-102-33-39-26-40-28-42(27-39)100-25-13-9-8-10-19-54(84)72-32-55(85)73-38(4)60(90)80-51(36-103-34-40)68(98)82-24-14-18-52(82)66(96)76-45/h11-12,15,17,26-28,31,37-38,45-52,58,71H,6-10,13-14,16,18-25,29-30,32-36H2,1-5H3,(H2,69,83)(H2,70,89)(H,72,84)(H,73,85)(H,74,92)(H,75,94)(H,76,96)(H,77,91)(H,78,97)(H,79,93)(H,80,90)(H,81,95)(H,86,87)/t38-,45-,46-,47-,48-,49-,50-,51-,52-,58?/m0/s1. The molecular formula is C68H96N14O19S2. The van der Waals surface area contributed by atoms with Crippen LogP contribution in [0.5, 0.6) is 5.75 Å². The number of aliphatic carboxylic acids is 1. The second kappa shape index (κ2) is 41.6. The summed E-state index contributed by atoms with van der Waals surface area (Å²) in [5, 5.41) is 36.3. The molecule has 1 saturated heterocycles. The van der Waals surface area contributed by atoms with Gasteiger partial charge in [0.25, 0.3) is 0 Å². The Kier molecular flexibility index (Phi) is 33.3. The number of hydrogen-bond acceptors (Lipinski definition) is 20. The number of carboxylic acids is 1. The fraction of sp³-hybridized carbons (Fsp3) is 0.574. The summed E-state index contributed by atoms with van der Waals surface area (Å²) < 4.78 is 6.26. The number of thioether (sulfide) groups is 2. The molecule has 3 aliphatic rings. The highest BCUT2D eigenvalue weighted by Crippen LogP contribution is 2.28. The van der Waals surface area contributed by atoms with Crippen molar-refractivity contribution in [3.8, 4) is 5.75 Å². The maximum atomic E-state index is 15.0. The van der Waals surface area contributed by atoms with Gasteiger partial charge in [0.1, 0.15) is 66.2 Å². The average Bonchev–Trinajstić information content (AvgIpc) is 1.73. The van der Waals surface area contributed by atoms with Crippen LogP contribution < -0.4 is 69.4 Å². The lowest BCUT2D eigenvalue weighted by molar-refractivity contribution is -0.255. The van der Waals surface area contributed by atoms with E-state index in [1.54, 1.807) is 42.6 Å². The lowest BCUT2D eigenvalue weighted by Gasteiger charge is -2.31. The minimum Gasteiger partial charge on any atom is -0.494 e.